The average Bonchev–Trinajstić information content (AvgIpc) is 2.83. The molecule has 9 N–H and O–H groups in total. The van der Waals surface area contributed by atoms with Crippen LogP contribution in [0.4, 0.5) is 0 Å². The monoisotopic (exact) mass is 417 g/mol. The smallest absolute Gasteiger partial charge is 0.867 e. The van der Waals surface area contributed by atoms with Crippen molar-refractivity contribution in [3.8, 4) is 0 Å². The van der Waals surface area contributed by atoms with Crippen LogP contribution in [0.15, 0.2) is 11.5 Å². The first kappa shape index (κ1) is 24.0. The largest absolute Gasteiger partial charge is 2.00 e. The Morgan fingerprint density at radius 2 is 1.84 bits per heavy atom. The van der Waals surface area contributed by atoms with Gasteiger partial charge in [-0.3, -0.25) is 0 Å². The van der Waals surface area contributed by atoms with Crippen molar-refractivity contribution in [1.29, 1.82) is 0 Å². The van der Waals surface area contributed by atoms with Crippen LogP contribution < -0.4 is 15.9 Å². The molecule has 13 heteroatoms. The van der Waals surface area contributed by atoms with Gasteiger partial charge < -0.3 is 56.1 Å². The number of esters is 1. The first-order valence-electron chi connectivity index (χ1n) is 6.82. The molecule has 0 bridgehead atoms. The van der Waals surface area contributed by atoms with E-state index in [-0.39, 0.29) is 17.1 Å². The molecular formula is C12H20CuNO11+. The summed E-state index contributed by atoms with van der Waals surface area (Å²) in [5.41, 5.74) is 5.20. The predicted molar refractivity (Wildman–Crippen MR) is 69.3 cm³/mol. The van der Waals surface area contributed by atoms with Crippen molar-refractivity contribution in [2.75, 3.05) is 13.2 Å². The van der Waals surface area contributed by atoms with Gasteiger partial charge in [-0.05, 0) is 0 Å². The minimum Gasteiger partial charge on any atom is -0.867 e. The van der Waals surface area contributed by atoms with Crippen LogP contribution >= 0.6 is 0 Å². The molecule has 0 saturated carbocycles. The van der Waals surface area contributed by atoms with E-state index in [1.54, 1.807) is 0 Å². The van der Waals surface area contributed by atoms with E-state index < -0.39 is 73.6 Å². The topological polar surface area (TPSA) is 232 Å². The summed E-state index contributed by atoms with van der Waals surface area (Å²) in [7, 11) is 0. The minimum atomic E-state index is -1.60. The Balaban J connectivity index is 0.000000443. The van der Waals surface area contributed by atoms with E-state index in [2.05, 4.69) is 9.47 Å². The van der Waals surface area contributed by atoms with E-state index >= 15 is 0 Å². The van der Waals surface area contributed by atoms with Gasteiger partial charge in [0.25, 0.3) is 0 Å². The first-order valence-corrected chi connectivity index (χ1v) is 6.82. The molecular weight excluding hydrogens is 398 g/mol. The van der Waals surface area contributed by atoms with Gasteiger partial charge >= 0.3 is 28.8 Å². The van der Waals surface area contributed by atoms with Gasteiger partial charge in [-0.15, -0.1) is 0 Å². The van der Waals surface area contributed by atoms with Crippen LogP contribution in [0.1, 0.15) is 0 Å². The zero-order chi connectivity index (χ0) is 18.6. The SMILES string of the molecule is NC1C([O-])OC(CO)C(O)C1O.O=C1OC(C(O)CO)C([O-])=C1[OH2+].[Cu+2]. The van der Waals surface area contributed by atoms with Crippen LogP contribution in [0.3, 0.4) is 0 Å². The van der Waals surface area contributed by atoms with Crippen LogP contribution in [0.2, 0.25) is 0 Å². The summed E-state index contributed by atoms with van der Waals surface area (Å²) in [5.74, 6) is -2.73. The molecule has 1 fully saturated rings. The summed E-state index contributed by atoms with van der Waals surface area (Å²) >= 11 is 0. The van der Waals surface area contributed by atoms with Crippen molar-refractivity contribution in [3.63, 3.8) is 0 Å². The van der Waals surface area contributed by atoms with Crippen LogP contribution in [0.5, 0.6) is 0 Å². The molecule has 0 amide bonds. The normalized spacial score (nSPS) is 36.0. The molecule has 0 spiro atoms. The van der Waals surface area contributed by atoms with Crippen LogP contribution in [-0.4, -0.2) is 92.7 Å². The Hall–Kier alpha value is -0.991. The summed E-state index contributed by atoms with van der Waals surface area (Å²) in [6.07, 6.45) is -8.12. The van der Waals surface area contributed by atoms with E-state index in [1.807, 2.05) is 0 Å². The summed E-state index contributed by atoms with van der Waals surface area (Å²) in [6.45, 7) is -1.19. The fraction of sp³-hybridized carbons (Fsp3) is 0.750. The molecule has 149 valence electrons. The molecule has 1 radical (unpaired) electrons. The summed E-state index contributed by atoms with van der Waals surface area (Å²) in [4.78, 5) is 10.6. The molecule has 2 heterocycles. The number of hydrogen-bond donors (Lipinski definition) is 6. The Labute approximate surface area is 152 Å². The third-order valence-electron chi connectivity index (χ3n) is 3.41. The molecule has 1 saturated heterocycles. The van der Waals surface area contributed by atoms with Crippen molar-refractivity contribution in [1.82, 2.24) is 0 Å². The molecule has 12 nitrogen and oxygen atoms in total. The van der Waals surface area contributed by atoms with Crippen LogP contribution in [-0.2, 0) is 31.3 Å². The van der Waals surface area contributed by atoms with Gasteiger partial charge in [0.1, 0.15) is 18.3 Å². The van der Waals surface area contributed by atoms with Crippen molar-refractivity contribution >= 4 is 5.97 Å². The maximum Gasteiger partial charge on any atom is 2.00 e. The second kappa shape index (κ2) is 10.2. The van der Waals surface area contributed by atoms with Crippen LogP contribution in [0, 0.1) is 0 Å². The van der Waals surface area contributed by atoms with E-state index in [0.29, 0.717) is 0 Å². The van der Waals surface area contributed by atoms with E-state index in [9.17, 15) is 20.1 Å². The molecule has 2 aliphatic heterocycles. The molecule has 7 unspecified atom stereocenters. The fourth-order valence-corrected chi connectivity index (χ4v) is 1.92. The van der Waals surface area contributed by atoms with Gasteiger partial charge in [0.15, 0.2) is 6.10 Å². The third-order valence-corrected chi connectivity index (χ3v) is 3.41. The molecule has 2 aliphatic rings. The number of aliphatic hydroxyl groups excluding tert-OH is 5. The summed E-state index contributed by atoms with van der Waals surface area (Å²) < 4.78 is 8.91. The van der Waals surface area contributed by atoms with Gasteiger partial charge in [0.2, 0.25) is 0 Å². The second-order valence-electron chi connectivity index (χ2n) is 5.10. The second-order valence-corrected chi connectivity index (χ2v) is 5.10. The predicted octanol–water partition coefficient (Wildman–Crippen LogP) is -7.33. The molecule has 0 aromatic carbocycles. The summed E-state index contributed by atoms with van der Waals surface area (Å²) in [5, 5.41) is 72.9. The van der Waals surface area contributed by atoms with Crippen molar-refractivity contribution in [2.45, 2.75) is 42.9 Å². The number of carbonyl (C=O) groups is 1. The number of nitrogens with two attached hydrogens (primary N) is 1. The zero-order valence-electron chi connectivity index (χ0n) is 12.6. The molecule has 0 aliphatic carbocycles. The molecule has 0 aromatic heterocycles. The Kier molecular flexibility index (Phi) is 9.82. The van der Waals surface area contributed by atoms with Crippen molar-refractivity contribution in [3.05, 3.63) is 11.5 Å². The van der Waals surface area contributed by atoms with E-state index in [0.717, 1.165) is 0 Å². The number of hydrogen-bond acceptors (Lipinski definition) is 11. The van der Waals surface area contributed by atoms with E-state index in [4.69, 9.17) is 31.3 Å². The number of ether oxygens (including phenoxy) is 2. The molecule has 25 heavy (non-hydrogen) atoms. The Bertz CT molecular complexity index is 471. The molecule has 2 rings (SSSR count). The van der Waals surface area contributed by atoms with Gasteiger partial charge in [-0.1, -0.05) is 0 Å². The third kappa shape index (κ3) is 5.49. The van der Waals surface area contributed by atoms with Crippen molar-refractivity contribution in [2.24, 2.45) is 5.73 Å². The fourth-order valence-electron chi connectivity index (χ4n) is 1.92. The zero-order valence-corrected chi connectivity index (χ0v) is 13.6. The van der Waals surface area contributed by atoms with E-state index in [1.165, 1.54) is 0 Å². The maximum absolute atomic E-state index is 10.9. The summed E-state index contributed by atoms with van der Waals surface area (Å²) in [6, 6.07) is -1.15. The molecule has 0 aromatic rings. The van der Waals surface area contributed by atoms with Gasteiger partial charge in [0.05, 0.1) is 19.3 Å². The minimum absolute atomic E-state index is 0. The maximum atomic E-state index is 10.9. The number of cyclic esters (lactones) is 1. The van der Waals surface area contributed by atoms with Crippen LogP contribution in [0.25, 0.3) is 0 Å². The molecule has 7 atom stereocenters. The Morgan fingerprint density at radius 3 is 2.24 bits per heavy atom. The van der Waals surface area contributed by atoms with Gasteiger partial charge in [-0.2, -0.15) is 0 Å². The Morgan fingerprint density at radius 1 is 1.28 bits per heavy atom. The standard InChI is InChI=1S/C6H12NO5.C6H8O6.Cu/c7-3-5(10)4(9)2(1-8)12-6(3)11;7-1-2(8)5-3(9)4(10)6(11)12-5;/h2-6,8-10H,1,7H2;2,5,7-10H,1H2;/q-1;;+2. The van der Waals surface area contributed by atoms with Gasteiger partial charge in [-0.25, -0.2) is 4.79 Å². The number of aliphatic hydroxyl groups is 5. The number of carbonyl (C=O) groups excluding carboxylic acids is 1. The van der Waals surface area contributed by atoms with Crippen molar-refractivity contribution < 1.29 is 72.2 Å². The average molecular weight is 418 g/mol. The first-order chi connectivity index (χ1) is 11.1. The van der Waals surface area contributed by atoms with Gasteiger partial charge in [0, 0.05) is 18.1 Å². The number of rotatable bonds is 3. The quantitative estimate of drug-likeness (QED) is 0.143.